The molecule has 0 spiro atoms. The molecule has 0 radical (unpaired) electrons. The van der Waals surface area contributed by atoms with Gasteiger partial charge in [-0.2, -0.15) is 0 Å². The third kappa shape index (κ3) is 5.16. The van der Waals surface area contributed by atoms with E-state index >= 15 is 0 Å². The smallest absolute Gasteiger partial charge is 0.244 e. The Labute approximate surface area is 120 Å². The normalized spacial score (nSPS) is 17.6. The summed E-state index contributed by atoms with van der Waals surface area (Å²) in [4.78, 5) is 11.9. The molecule has 2 rings (SSSR count). The van der Waals surface area contributed by atoms with Crippen LogP contribution in [0.3, 0.4) is 0 Å². The van der Waals surface area contributed by atoms with Crippen LogP contribution in [-0.4, -0.2) is 11.9 Å². The summed E-state index contributed by atoms with van der Waals surface area (Å²) in [7, 11) is 0. The number of rotatable bonds is 3. The van der Waals surface area contributed by atoms with E-state index < -0.39 is 0 Å². The van der Waals surface area contributed by atoms with Crippen LogP contribution in [0.5, 0.6) is 0 Å². The van der Waals surface area contributed by atoms with Gasteiger partial charge in [-0.3, -0.25) is 4.79 Å². The quantitative estimate of drug-likeness (QED) is 0.828. The van der Waals surface area contributed by atoms with Gasteiger partial charge in [0, 0.05) is 12.1 Å². The Balaban J connectivity index is 1.83. The van der Waals surface area contributed by atoms with Crippen molar-refractivity contribution < 1.29 is 9.18 Å². The molecule has 2 nitrogen and oxygen atoms in total. The van der Waals surface area contributed by atoms with Gasteiger partial charge in [0.1, 0.15) is 5.82 Å². The molecule has 0 bridgehead atoms. The Kier molecular flexibility index (Phi) is 5.78. The summed E-state index contributed by atoms with van der Waals surface area (Å²) < 4.78 is 12.8. The second-order valence-corrected chi connectivity index (χ2v) is 5.44. The summed E-state index contributed by atoms with van der Waals surface area (Å²) in [6, 6.07) is 6.42. The summed E-state index contributed by atoms with van der Waals surface area (Å²) in [6.45, 7) is 0. The van der Waals surface area contributed by atoms with Gasteiger partial charge < -0.3 is 5.32 Å². The van der Waals surface area contributed by atoms with Gasteiger partial charge in [0.2, 0.25) is 5.91 Å². The van der Waals surface area contributed by atoms with Gasteiger partial charge in [0.25, 0.3) is 0 Å². The number of nitrogens with one attached hydrogen (secondary N) is 1. The van der Waals surface area contributed by atoms with Crippen molar-refractivity contribution in [1.82, 2.24) is 5.32 Å². The van der Waals surface area contributed by atoms with Gasteiger partial charge in [-0.15, -0.1) is 0 Å². The molecule has 1 saturated carbocycles. The second-order valence-electron chi connectivity index (χ2n) is 5.44. The fraction of sp³-hybridized carbons (Fsp3) is 0.471. The molecule has 1 aromatic rings. The van der Waals surface area contributed by atoms with Gasteiger partial charge in [-0.05, 0) is 36.6 Å². The Morgan fingerprint density at radius 2 is 1.65 bits per heavy atom. The molecule has 0 atom stereocenters. The van der Waals surface area contributed by atoms with Crippen molar-refractivity contribution in [2.24, 2.45) is 0 Å². The maximum absolute atomic E-state index is 12.8. The Hall–Kier alpha value is -1.64. The van der Waals surface area contributed by atoms with Gasteiger partial charge in [-0.1, -0.05) is 44.2 Å². The third-order valence-electron chi connectivity index (χ3n) is 3.75. The summed E-state index contributed by atoms with van der Waals surface area (Å²) in [5.41, 5.74) is 0.833. The number of carbonyl (C=O) groups is 1. The van der Waals surface area contributed by atoms with E-state index in [2.05, 4.69) is 5.32 Å². The van der Waals surface area contributed by atoms with Crippen LogP contribution in [0.1, 0.15) is 50.5 Å². The number of hydrogen-bond acceptors (Lipinski definition) is 1. The first-order valence-electron chi connectivity index (χ1n) is 7.48. The van der Waals surface area contributed by atoms with Crippen molar-refractivity contribution in [2.45, 2.75) is 51.0 Å². The molecule has 1 amide bonds. The largest absolute Gasteiger partial charge is 0.350 e. The van der Waals surface area contributed by atoms with E-state index in [1.165, 1.54) is 50.3 Å². The van der Waals surface area contributed by atoms with Crippen molar-refractivity contribution in [3.8, 4) is 0 Å². The molecule has 1 N–H and O–H groups in total. The van der Waals surface area contributed by atoms with Crippen LogP contribution in [0.15, 0.2) is 30.3 Å². The molecule has 0 heterocycles. The Morgan fingerprint density at radius 3 is 2.30 bits per heavy atom. The SMILES string of the molecule is O=C(C=Cc1ccc(F)cc1)NC1CCCCCCC1. The summed E-state index contributed by atoms with van der Waals surface area (Å²) >= 11 is 0. The van der Waals surface area contributed by atoms with Crippen molar-refractivity contribution in [3.63, 3.8) is 0 Å². The van der Waals surface area contributed by atoms with Crippen molar-refractivity contribution in [3.05, 3.63) is 41.7 Å². The van der Waals surface area contributed by atoms with Crippen LogP contribution in [0.2, 0.25) is 0 Å². The first kappa shape index (κ1) is 14.8. The minimum absolute atomic E-state index is 0.0556. The molecule has 3 heteroatoms. The zero-order chi connectivity index (χ0) is 14.2. The lowest BCUT2D eigenvalue weighted by Crippen LogP contribution is -2.34. The lowest BCUT2D eigenvalue weighted by Gasteiger charge is -2.20. The fourth-order valence-electron chi connectivity index (χ4n) is 2.60. The molecule has 0 aromatic heterocycles. The van der Waals surface area contributed by atoms with Crippen molar-refractivity contribution in [1.29, 1.82) is 0 Å². The molecule has 1 fully saturated rings. The van der Waals surface area contributed by atoms with Crippen LogP contribution in [0.25, 0.3) is 6.08 Å². The number of carbonyl (C=O) groups excluding carboxylic acids is 1. The lowest BCUT2D eigenvalue weighted by atomic mass is 9.97. The van der Waals surface area contributed by atoms with Crippen LogP contribution in [0, 0.1) is 5.82 Å². The maximum atomic E-state index is 12.8. The molecule has 0 aliphatic heterocycles. The standard InChI is InChI=1S/C17H22FNO/c18-15-11-8-14(9-12-15)10-13-17(20)19-16-6-4-2-1-3-5-7-16/h8-13,16H,1-7H2,(H,19,20). The van der Waals surface area contributed by atoms with Gasteiger partial charge in [0.05, 0.1) is 0 Å². The molecular weight excluding hydrogens is 253 g/mol. The fourth-order valence-corrected chi connectivity index (χ4v) is 2.60. The van der Waals surface area contributed by atoms with E-state index in [0.717, 1.165) is 18.4 Å². The number of halogens is 1. The molecular formula is C17H22FNO. The first-order chi connectivity index (χ1) is 9.74. The van der Waals surface area contributed by atoms with Crippen LogP contribution < -0.4 is 5.32 Å². The molecule has 1 aliphatic carbocycles. The van der Waals surface area contributed by atoms with Gasteiger partial charge in [-0.25, -0.2) is 4.39 Å². The molecule has 0 unspecified atom stereocenters. The monoisotopic (exact) mass is 275 g/mol. The molecule has 1 aromatic carbocycles. The zero-order valence-corrected chi connectivity index (χ0v) is 11.8. The molecule has 1 aliphatic rings. The molecule has 20 heavy (non-hydrogen) atoms. The highest BCUT2D eigenvalue weighted by Crippen LogP contribution is 2.17. The minimum atomic E-state index is -0.263. The second kappa shape index (κ2) is 7.83. The van der Waals surface area contributed by atoms with E-state index in [4.69, 9.17) is 0 Å². The highest BCUT2D eigenvalue weighted by atomic mass is 19.1. The maximum Gasteiger partial charge on any atom is 0.244 e. The van der Waals surface area contributed by atoms with Crippen LogP contribution in [0.4, 0.5) is 4.39 Å². The van der Waals surface area contributed by atoms with Gasteiger partial charge >= 0.3 is 0 Å². The van der Waals surface area contributed by atoms with E-state index in [1.807, 2.05) is 0 Å². The van der Waals surface area contributed by atoms with Crippen molar-refractivity contribution in [2.75, 3.05) is 0 Å². The van der Waals surface area contributed by atoms with E-state index in [-0.39, 0.29) is 11.7 Å². The third-order valence-corrected chi connectivity index (χ3v) is 3.75. The number of amides is 1. The highest BCUT2D eigenvalue weighted by molar-refractivity contribution is 5.91. The van der Waals surface area contributed by atoms with E-state index in [0.29, 0.717) is 6.04 Å². The zero-order valence-electron chi connectivity index (χ0n) is 11.8. The summed E-state index contributed by atoms with van der Waals surface area (Å²) in [5.74, 6) is -0.318. The lowest BCUT2D eigenvalue weighted by molar-refractivity contribution is -0.117. The average molecular weight is 275 g/mol. The average Bonchev–Trinajstić information content (AvgIpc) is 2.41. The predicted octanol–water partition coefficient (Wildman–Crippen LogP) is 4.07. The predicted molar refractivity (Wildman–Crippen MR) is 79.7 cm³/mol. The highest BCUT2D eigenvalue weighted by Gasteiger charge is 2.12. The van der Waals surface area contributed by atoms with E-state index in [1.54, 1.807) is 18.2 Å². The first-order valence-corrected chi connectivity index (χ1v) is 7.48. The summed E-state index contributed by atoms with van der Waals surface area (Å²) in [5, 5.41) is 3.07. The topological polar surface area (TPSA) is 29.1 Å². The van der Waals surface area contributed by atoms with Crippen molar-refractivity contribution >= 4 is 12.0 Å². The van der Waals surface area contributed by atoms with Gasteiger partial charge in [0.15, 0.2) is 0 Å². The summed E-state index contributed by atoms with van der Waals surface area (Å²) in [6.07, 6.45) is 11.7. The molecule has 108 valence electrons. The van der Waals surface area contributed by atoms with Crippen LogP contribution in [-0.2, 0) is 4.79 Å². The number of hydrogen-bond donors (Lipinski definition) is 1. The molecule has 0 saturated heterocycles. The number of benzene rings is 1. The Morgan fingerprint density at radius 1 is 1.05 bits per heavy atom. The van der Waals surface area contributed by atoms with Crippen LogP contribution >= 0.6 is 0 Å². The van der Waals surface area contributed by atoms with E-state index in [9.17, 15) is 9.18 Å². The minimum Gasteiger partial charge on any atom is -0.350 e. The Bertz CT molecular complexity index is 445.